The van der Waals surface area contributed by atoms with E-state index in [1.807, 2.05) is 13.0 Å². The second kappa shape index (κ2) is 6.16. The smallest absolute Gasteiger partial charge is 0.257 e. The van der Waals surface area contributed by atoms with Crippen molar-refractivity contribution in [3.63, 3.8) is 0 Å². The molecule has 2 aromatic carbocycles. The largest absolute Gasteiger partial charge is 0.397 e. The Balaban J connectivity index is 2.35. The van der Waals surface area contributed by atoms with Crippen LogP contribution in [-0.2, 0) is 0 Å². The van der Waals surface area contributed by atoms with Crippen molar-refractivity contribution in [2.75, 3.05) is 11.1 Å². The summed E-state index contributed by atoms with van der Waals surface area (Å²) in [6.45, 7) is 1.93. The standard InChI is InChI=1S/C14H11Br2ClN2O/c1-7-4-10(16)13(12(18)5-7)19-14(20)9-6-8(15)2-3-11(9)17/h2-6H,18H2,1H3,(H,19,20). The summed E-state index contributed by atoms with van der Waals surface area (Å²) < 4.78 is 1.51. The highest BCUT2D eigenvalue weighted by Gasteiger charge is 2.14. The van der Waals surface area contributed by atoms with Crippen molar-refractivity contribution >= 4 is 60.7 Å². The summed E-state index contributed by atoms with van der Waals surface area (Å²) in [4.78, 5) is 12.3. The molecule has 0 saturated carbocycles. The van der Waals surface area contributed by atoms with Gasteiger partial charge in [0.15, 0.2) is 0 Å². The number of nitrogens with one attached hydrogen (secondary N) is 1. The third-order valence-corrected chi connectivity index (χ3v) is 4.12. The zero-order valence-corrected chi connectivity index (χ0v) is 14.4. The molecule has 0 atom stereocenters. The molecule has 0 saturated heterocycles. The summed E-state index contributed by atoms with van der Waals surface area (Å²) in [6, 6.07) is 8.77. The Bertz CT molecular complexity index is 666. The second-order valence-corrected chi connectivity index (χ2v) is 6.47. The van der Waals surface area contributed by atoms with Crippen LogP contribution in [0.15, 0.2) is 39.3 Å². The zero-order chi connectivity index (χ0) is 14.9. The molecule has 104 valence electrons. The molecule has 0 aliphatic carbocycles. The van der Waals surface area contributed by atoms with Gasteiger partial charge in [0.2, 0.25) is 0 Å². The molecule has 20 heavy (non-hydrogen) atoms. The van der Waals surface area contributed by atoms with Crippen LogP contribution in [0.5, 0.6) is 0 Å². The summed E-state index contributed by atoms with van der Waals surface area (Å²) in [6.07, 6.45) is 0. The average Bonchev–Trinajstić information content (AvgIpc) is 2.36. The van der Waals surface area contributed by atoms with Crippen LogP contribution in [0.2, 0.25) is 5.02 Å². The lowest BCUT2D eigenvalue weighted by Gasteiger charge is -2.12. The van der Waals surface area contributed by atoms with Crippen LogP contribution >= 0.6 is 43.5 Å². The molecule has 0 aromatic heterocycles. The summed E-state index contributed by atoms with van der Waals surface area (Å²) in [5.74, 6) is -0.312. The fourth-order valence-corrected chi connectivity index (χ4v) is 3.01. The number of nitrogens with two attached hydrogens (primary N) is 1. The predicted molar refractivity (Wildman–Crippen MR) is 90.4 cm³/mol. The number of anilines is 2. The predicted octanol–water partition coefficient (Wildman–Crippen LogP) is 5.01. The number of rotatable bonds is 2. The number of carbonyl (C=O) groups excluding carboxylic acids is 1. The number of nitrogen functional groups attached to an aromatic ring is 1. The van der Waals surface area contributed by atoms with Crippen LogP contribution in [-0.4, -0.2) is 5.91 Å². The van der Waals surface area contributed by atoms with Gasteiger partial charge in [0, 0.05) is 8.95 Å². The van der Waals surface area contributed by atoms with E-state index in [9.17, 15) is 4.79 Å². The van der Waals surface area contributed by atoms with Gasteiger partial charge in [-0.15, -0.1) is 0 Å². The van der Waals surface area contributed by atoms with Crippen molar-refractivity contribution in [1.82, 2.24) is 0 Å². The average molecular weight is 419 g/mol. The number of benzene rings is 2. The Hall–Kier alpha value is -1.04. The summed E-state index contributed by atoms with van der Waals surface area (Å²) in [5, 5.41) is 3.16. The molecule has 6 heteroatoms. The van der Waals surface area contributed by atoms with E-state index in [0.717, 1.165) is 14.5 Å². The van der Waals surface area contributed by atoms with Gasteiger partial charge in [-0.25, -0.2) is 0 Å². The molecule has 2 aromatic rings. The monoisotopic (exact) mass is 416 g/mol. The highest BCUT2D eigenvalue weighted by molar-refractivity contribution is 9.10. The third kappa shape index (κ3) is 3.34. The van der Waals surface area contributed by atoms with Gasteiger partial charge in [-0.05, 0) is 58.7 Å². The lowest BCUT2D eigenvalue weighted by atomic mass is 10.1. The number of hydrogen-bond donors (Lipinski definition) is 2. The van der Waals surface area contributed by atoms with Crippen molar-refractivity contribution in [2.24, 2.45) is 0 Å². The molecule has 2 rings (SSSR count). The number of amides is 1. The van der Waals surface area contributed by atoms with Gasteiger partial charge in [0.1, 0.15) is 0 Å². The molecule has 0 heterocycles. The van der Waals surface area contributed by atoms with Gasteiger partial charge >= 0.3 is 0 Å². The van der Waals surface area contributed by atoms with Gasteiger partial charge in [0.05, 0.1) is 22.0 Å². The first-order valence-corrected chi connectivity index (χ1v) is 7.67. The Morgan fingerprint density at radius 1 is 1.25 bits per heavy atom. The van der Waals surface area contributed by atoms with Crippen molar-refractivity contribution in [2.45, 2.75) is 6.92 Å². The lowest BCUT2D eigenvalue weighted by molar-refractivity contribution is 0.102. The summed E-state index contributed by atoms with van der Waals surface area (Å²) in [7, 11) is 0. The molecular weight excluding hydrogens is 407 g/mol. The van der Waals surface area contributed by atoms with Crippen molar-refractivity contribution in [3.05, 3.63) is 55.4 Å². The normalized spacial score (nSPS) is 10.4. The van der Waals surface area contributed by atoms with Crippen LogP contribution in [0.4, 0.5) is 11.4 Å². The van der Waals surface area contributed by atoms with E-state index in [-0.39, 0.29) is 5.91 Å². The van der Waals surface area contributed by atoms with Crippen LogP contribution in [0.25, 0.3) is 0 Å². The molecule has 0 radical (unpaired) electrons. The van der Waals surface area contributed by atoms with Crippen LogP contribution in [0.3, 0.4) is 0 Å². The Morgan fingerprint density at radius 2 is 1.95 bits per heavy atom. The molecule has 0 unspecified atom stereocenters. The third-order valence-electron chi connectivity index (χ3n) is 2.68. The minimum atomic E-state index is -0.312. The maximum Gasteiger partial charge on any atom is 0.257 e. The van der Waals surface area contributed by atoms with Crippen molar-refractivity contribution in [3.8, 4) is 0 Å². The van der Waals surface area contributed by atoms with E-state index in [1.54, 1.807) is 24.3 Å². The molecule has 1 amide bonds. The highest BCUT2D eigenvalue weighted by atomic mass is 79.9. The van der Waals surface area contributed by atoms with Gasteiger partial charge < -0.3 is 11.1 Å². The maximum atomic E-state index is 12.3. The van der Waals surface area contributed by atoms with Gasteiger partial charge in [-0.3, -0.25) is 4.79 Å². The minimum Gasteiger partial charge on any atom is -0.397 e. The van der Waals surface area contributed by atoms with E-state index < -0.39 is 0 Å². The maximum absolute atomic E-state index is 12.3. The highest BCUT2D eigenvalue weighted by Crippen LogP contribution is 2.31. The quantitative estimate of drug-likeness (QED) is 0.674. The molecular formula is C14H11Br2ClN2O. The fraction of sp³-hybridized carbons (Fsp3) is 0.0714. The molecule has 3 nitrogen and oxygen atoms in total. The van der Waals surface area contributed by atoms with E-state index in [0.29, 0.717) is 22.0 Å². The summed E-state index contributed by atoms with van der Waals surface area (Å²) in [5.41, 5.74) is 8.35. The van der Waals surface area contributed by atoms with E-state index in [4.69, 9.17) is 17.3 Å². The number of aryl methyl sites for hydroxylation is 1. The topological polar surface area (TPSA) is 55.1 Å². The Labute approximate surface area is 138 Å². The van der Waals surface area contributed by atoms with Crippen LogP contribution in [0, 0.1) is 6.92 Å². The lowest BCUT2D eigenvalue weighted by Crippen LogP contribution is -2.14. The SMILES string of the molecule is Cc1cc(N)c(NC(=O)c2cc(Br)ccc2Cl)c(Br)c1. The fourth-order valence-electron chi connectivity index (χ4n) is 1.75. The number of halogens is 3. The minimum absolute atomic E-state index is 0.312. The number of hydrogen-bond acceptors (Lipinski definition) is 2. The zero-order valence-electron chi connectivity index (χ0n) is 10.5. The van der Waals surface area contributed by atoms with Crippen LogP contribution < -0.4 is 11.1 Å². The van der Waals surface area contributed by atoms with Crippen molar-refractivity contribution in [1.29, 1.82) is 0 Å². The second-order valence-electron chi connectivity index (χ2n) is 4.29. The van der Waals surface area contributed by atoms with Crippen LogP contribution in [0.1, 0.15) is 15.9 Å². The van der Waals surface area contributed by atoms with Gasteiger partial charge in [-0.2, -0.15) is 0 Å². The van der Waals surface area contributed by atoms with E-state index >= 15 is 0 Å². The molecule has 3 N–H and O–H groups in total. The molecule has 0 aliphatic heterocycles. The van der Waals surface area contributed by atoms with Crippen molar-refractivity contribution < 1.29 is 4.79 Å². The summed E-state index contributed by atoms with van der Waals surface area (Å²) >= 11 is 12.7. The van der Waals surface area contributed by atoms with Gasteiger partial charge in [-0.1, -0.05) is 27.5 Å². The molecule has 0 spiro atoms. The van der Waals surface area contributed by atoms with E-state index in [2.05, 4.69) is 37.2 Å². The van der Waals surface area contributed by atoms with Gasteiger partial charge in [0.25, 0.3) is 5.91 Å². The number of carbonyl (C=O) groups is 1. The first kappa shape index (κ1) is 15.4. The Kier molecular flexibility index (Phi) is 4.73. The molecule has 0 aliphatic rings. The first-order valence-electron chi connectivity index (χ1n) is 5.70. The van der Waals surface area contributed by atoms with E-state index in [1.165, 1.54) is 0 Å². The molecule has 0 fully saturated rings. The molecule has 0 bridgehead atoms. The first-order chi connectivity index (χ1) is 9.38. The Morgan fingerprint density at radius 3 is 2.60 bits per heavy atom.